The predicted octanol–water partition coefficient (Wildman–Crippen LogP) is 3.10. The number of pyridine rings is 1. The monoisotopic (exact) mass is 495 g/mol. The zero-order chi connectivity index (χ0) is 24.1. The molecule has 5 N–H and O–H groups in total. The molecule has 1 aliphatic heterocycles. The van der Waals surface area contributed by atoms with Crippen molar-refractivity contribution in [2.24, 2.45) is 16.6 Å². The third-order valence-electron chi connectivity index (χ3n) is 5.62. The molecule has 33 heavy (non-hydrogen) atoms. The molecule has 1 saturated carbocycles. The van der Waals surface area contributed by atoms with Gasteiger partial charge in [0, 0.05) is 29.4 Å². The fourth-order valence-electron chi connectivity index (χ4n) is 3.94. The number of aliphatic imine (C=N–C) groups is 1. The number of aromatic nitrogens is 1. The van der Waals surface area contributed by atoms with E-state index in [0.29, 0.717) is 5.02 Å². The molecule has 3 atom stereocenters. The van der Waals surface area contributed by atoms with Gasteiger partial charge in [0.05, 0.1) is 10.6 Å². The van der Waals surface area contributed by atoms with Gasteiger partial charge in [0.2, 0.25) is 5.91 Å². The molecule has 0 bridgehead atoms. The van der Waals surface area contributed by atoms with Crippen LogP contribution in [0.5, 0.6) is 0 Å². The zero-order valence-electron chi connectivity index (χ0n) is 16.9. The Morgan fingerprint density at radius 3 is 2.61 bits per heavy atom. The second kappa shape index (κ2) is 7.96. The lowest BCUT2D eigenvalue weighted by Gasteiger charge is -2.34. The van der Waals surface area contributed by atoms with Crippen LogP contribution in [0.3, 0.4) is 0 Å². The van der Waals surface area contributed by atoms with Crippen LogP contribution in [0.4, 0.5) is 19.3 Å². The van der Waals surface area contributed by atoms with E-state index >= 15 is 0 Å². The lowest BCUT2D eigenvalue weighted by Crippen LogP contribution is -2.44. The number of nitrogens with zero attached hydrogens (tertiary/aromatic N) is 2. The Kier molecular flexibility index (Phi) is 5.53. The maximum absolute atomic E-state index is 15.0. The van der Waals surface area contributed by atoms with Gasteiger partial charge in [0.25, 0.3) is 5.91 Å². The number of amides is 3. The van der Waals surface area contributed by atoms with Crippen LogP contribution >= 0.6 is 23.4 Å². The van der Waals surface area contributed by atoms with Gasteiger partial charge in [-0.15, -0.1) is 0 Å². The molecule has 1 aliphatic carbocycles. The van der Waals surface area contributed by atoms with Gasteiger partial charge in [-0.1, -0.05) is 23.4 Å². The first kappa shape index (κ1) is 22.9. The molecule has 3 amide bonds. The van der Waals surface area contributed by atoms with E-state index in [0.717, 1.165) is 17.8 Å². The topological polar surface area (TPSA) is 147 Å². The van der Waals surface area contributed by atoms with E-state index in [2.05, 4.69) is 20.6 Å². The number of carbonyl (C=O) groups is 3. The molecule has 2 aliphatic rings. The van der Waals surface area contributed by atoms with Crippen LogP contribution in [-0.2, 0) is 10.3 Å². The first-order chi connectivity index (χ1) is 15.5. The summed E-state index contributed by atoms with van der Waals surface area (Å²) in [6, 6.07) is 4.79. The normalized spacial score (nSPS) is 25.5. The minimum atomic E-state index is -1.54. The number of fused-ring (bicyclic) bond motifs is 1. The molecule has 9 nitrogen and oxygen atoms in total. The number of thioether (sulfide) groups is 1. The van der Waals surface area contributed by atoms with Crippen molar-refractivity contribution >= 4 is 52.1 Å². The molecule has 2 heterocycles. The number of nitrogens with two attached hydrogens (primary N) is 1. The molecule has 1 fully saturated rings. The average molecular weight is 496 g/mol. The smallest absolute Gasteiger partial charge is 0.410 e. The largest absolute Gasteiger partial charge is 0.465 e. The third kappa shape index (κ3) is 4.00. The summed E-state index contributed by atoms with van der Waals surface area (Å²) in [6.07, 6.45) is 0.00526. The molecule has 4 rings (SSSR count). The molecule has 13 heteroatoms. The molecule has 0 radical (unpaired) electrons. The van der Waals surface area contributed by atoms with Crippen LogP contribution in [0.2, 0.25) is 5.02 Å². The van der Waals surface area contributed by atoms with Gasteiger partial charge in [0.1, 0.15) is 10.4 Å². The van der Waals surface area contributed by atoms with E-state index < -0.39 is 45.7 Å². The molecule has 1 aromatic carbocycles. The number of halogens is 3. The molecule has 0 unspecified atom stereocenters. The number of hydrogen-bond donors (Lipinski definition) is 4. The highest BCUT2D eigenvalue weighted by atomic mass is 35.5. The Labute approximate surface area is 194 Å². The average Bonchev–Trinajstić information content (AvgIpc) is 3.48. The molecular weight excluding hydrogens is 480 g/mol. The van der Waals surface area contributed by atoms with Crippen LogP contribution in [0.1, 0.15) is 29.4 Å². The Hall–Kier alpha value is -3.25. The van der Waals surface area contributed by atoms with Crippen LogP contribution in [0.15, 0.2) is 35.5 Å². The lowest BCUT2D eigenvalue weighted by atomic mass is 9.85. The van der Waals surface area contributed by atoms with Gasteiger partial charge in [0.15, 0.2) is 16.8 Å². The quantitative estimate of drug-likeness (QED) is 0.512. The number of carbonyl (C=O) groups excluding carboxylic acids is 2. The molecule has 172 valence electrons. The van der Waals surface area contributed by atoms with Crippen molar-refractivity contribution in [2.45, 2.75) is 23.6 Å². The standard InChI is InChI=1S/C20H16ClF2N5O4S/c1-19(13-6-20(13,16(24)30)33-17(28-19)27-18(31)32)10-4-9(5-11(22)14(10)23)26-15(29)12-3-2-8(21)7-25-12/h2-5,7,13H,6H2,1H3,(H2,24,30)(H,26,29)(H,27,28)(H,31,32)/t13-,19+,20-/m0/s1. The minimum absolute atomic E-state index is 0.00753. The van der Waals surface area contributed by atoms with Gasteiger partial charge in [-0.3, -0.25) is 19.9 Å². The van der Waals surface area contributed by atoms with E-state index in [4.69, 9.17) is 22.4 Å². The summed E-state index contributed by atoms with van der Waals surface area (Å²) >= 11 is 6.60. The SMILES string of the molecule is C[C@]1(c2cc(NC(=O)c3ccc(Cl)cn3)cc(F)c2F)N=C(NC(=O)O)S[C@@]2(C(N)=O)C[C@H]21. The van der Waals surface area contributed by atoms with E-state index in [-0.39, 0.29) is 28.5 Å². The Bertz CT molecular complexity index is 1230. The maximum Gasteiger partial charge on any atom is 0.410 e. The molecule has 2 aromatic rings. The van der Waals surface area contributed by atoms with Crippen LogP contribution in [-0.4, -0.2) is 37.9 Å². The van der Waals surface area contributed by atoms with Crippen molar-refractivity contribution in [1.82, 2.24) is 10.3 Å². The number of anilines is 1. The summed E-state index contributed by atoms with van der Waals surface area (Å²) in [5.74, 6) is -4.54. The highest BCUT2D eigenvalue weighted by Gasteiger charge is 2.70. The first-order valence-corrected chi connectivity index (χ1v) is 10.7. The zero-order valence-corrected chi connectivity index (χ0v) is 18.4. The van der Waals surface area contributed by atoms with Gasteiger partial charge < -0.3 is 16.2 Å². The second-order valence-electron chi connectivity index (χ2n) is 7.74. The van der Waals surface area contributed by atoms with E-state index in [1.165, 1.54) is 31.3 Å². The molecule has 0 saturated heterocycles. The Morgan fingerprint density at radius 1 is 1.27 bits per heavy atom. The number of amidine groups is 1. The summed E-state index contributed by atoms with van der Waals surface area (Å²) < 4.78 is 28.3. The third-order valence-corrected chi connectivity index (χ3v) is 7.25. The molecule has 0 spiro atoms. The summed E-state index contributed by atoms with van der Waals surface area (Å²) in [5, 5.41) is 13.7. The maximum atomic E-state index is 15.0. The highest BCUT2D eigenvalue weighted by molar-refractivity contribution is 8.16. The van der Waals surface area contributed by atoms with Crippen molar-refractivity contribution in [3.05, 3.63) is 58.4 Å². The number of carboxylic acid groups (broad SMARTS) is 1. The Balaban J connectivity index is 1.75. The van der Waals surface area contributed by atoms with E-state index in [1.807, 2.05) is 0 Å². The first-order valence-electron chi connectivity index (χ1n) is 9.47. The summed E-state index contributed by atoms with van der Waals surface area (Å²) in [4.78, 5) is 43.9. The van der Waals surface area contributed by atoms with Crippen LogP contribution in [0.25, 0.3) is 0 Å². The summed E-state index contributed by atoms with van der Waals surface area (Å²) in [6.45, 7) is 1.45. The molecular formula is C20H16ClF2N5O4S. The number of rotatable bonds is 4. The van der Waals surface area contributed by atoms with Gasteiger partial charge in [-0.25, -0.2) is 18.6 Å². The van der Waals surface area contributed by atoms with Crippen molar-refractivity contribution in [3.63, 3.8) is 0 Å². The Morgan fingerprint density at radius 2 is 2.00 bits per heavy atom. The minimum Gasteiger partial charge on any atom is -0.465 e. The predicted molar refractivity (Wildman–Crippen MR) is 117 cm³/mol. The van der Waals surface area contributed by atoms with Gasteiger partial charge >= 0.3 is 6.09 Å². The number of primary amides is 1. The van der Waals surface area contributed by atoms with Crippen molar-refractivity contribution in [1.29, 1.82) is 0 Å². The number of hydrogen-bond acceptors (Lipinski definition) is 6. The van der Waals surface area contributed by atoms with Crippen LogP contribution < -0.4 is 16.4 Å². The number of benzene rings is 1. The highest BCUT2D eigenvalue weighted by Crippen LogP contribution is 2.66. The van der Waals surface area contributed by atoms with Crippen molar-refractivity contribution in [2.75, 3.05) is 5.32 Å². The summed E-state index contributed by atoms with van der Waals surface area (Å²) in [5.41, 5.74) is 3.65. The second-order valence-corrected chi connectivity index (χ2v) is 9.50. The van der Waals surface area contributed by atoms with Crippen molar-refractivity contribution < 1.29 is 28.3 Å². The van der Waals surface area contributed by atoms with Crippen molar-refractivity contribution in [3.8, 4) is 0 Å². The van der Waals surface area contributed by atoms with Crippen LogP contribution in [0, 0.1) is 17.6 Å². The van der Waals surface area contributed by atoms with Gasteiger partial charge in [-0.05, 0) is 31.5 Å². The van der Waals surface area contributed by atoms with Gasteiger partial charge in [-0.2, -0.15) is 0 Å². The fourth-order valence-corrected chi connectivity index (χ4v) is 5.50. The van der Waals surface area contributed by atoms with E-state index in [1.54, 1.807) is 0 Å². The summed E-state index contributed by atoms with van der Waals surface area (Å²) in [7, 11) is 0. The molecule has 1 aromatic heterocycles. The lowest BCUT2D eigenvalue weighted by molar-refractivity contribution is -0.118. The van der Waals surface area contributed by atoms with E-state index in [9.17, 15) is 23.2 Å². The fraction of sp³-hybridized carbons (Fsp3) is 0.250. The number of nitrogens with one attached hydrogen (secondary N) is 2.